The molecule has 0 saturated carbocycles. The van der Waals surface area contributed by atoms with Crippen molar-refractivity contribution in [2.24, 2.45) is 0 Å². The monoisotopic (exact) mass is 391 g/mol. The average molecular weight is 392 g/mol. The van der Waals surface area contributed by atoms with Crippen molar-refractivity contribution in [2.75, 3.05) is 19.0 Å². The lowest BCUT2D eigenvalue weighted by Crippen LogP contribution is -2.27. The maximum atomic E-state index is 12.6. The molecule has 1 atom stereocenters. The van der Waals surface area contributed by atoms with Crippen LogP contribution in [-0.4, -0.2) is 35.7 Å². The second-order valence-corrected chi connectivity index (χ2v) is 6.91. The minimum absolute atomic E-state index is 0.0450. The van der Waals surface area contributed by atoms with Gasteiger partial charge in [0.25, 0.3) is 5.91 Å². The number of anilines is 1. The van der Waals surface area contributed by atoms with Crippen LogP contribution in [0.3, 0.4) is 0 Å². The lowest BCUT2D eigenvalue weighted by atomic mass is 10.1. The lowest BCUT2D eigenvalue weighted by molar-refractivity contribution is 0.0960. The van der Waals surface area contributed by atoms with E-state index in [4.69, 9.17) is 16.3 Å². The second kappa shape index (κ2) is 9.06. The first-order valence-corrected chi connectivity index (χ1v) is 9.24. The zero-order valence-corrected chi connectivity index (χ0v) is 17.1. The number of nitrogens with one attached hydrogen (secondary N) is 2. The first kappa shape index (κ1) is 21.0. The van der Waals surface area contributed by atoms with Gasteiger partial charge in [0.2, 0.25) is 5.88 Å². The van der Waals surface area contributed by atoms with Crippen LogP contribution in [-0.2, 0) is 0 Å². The molecule has 1 amide bonds. The maximum absolute atomic E-state index is 12.6. The van der Waals surface area contributed by atoms with Crippen LogP contribution in [0.2, 0.25) is 5.02 Å². The topological polar surface area (TPSA) is 83.5 Å². The molecule has 6 nitrogen and oxygen atoms in total. The van der Waals surface area contributed by atoms with E-state index in [-0.39, 0.29) is 24.4 Å². The van der Waals surface area contributed by atoms with Crippen molar-refractivity contribution in [1.29, 1.82) is 0 Å². The van der Waals surface area contributed by atoms with Crippen LogP contribution in [0.4, 0.5) is 5.69 Å². The van der Waals surface area contributed by atoms with Crippen molar-refractivity contribution >= 4 is 23.2 Å². The molecule has 0 fully saturated rings. The van der Waals surface area contributed by atoms with Crippen LogP contribution in [0, 0.1) is 20.8 Å². The van der Waals surface area contributed by atoms with Gasteiger partial charge in [-0.15, -0.1) is 0 Å². The van der Waals surface area contributed by atoms with Crippen molar-refractivity contribution in [3.05, 3.63) is 45.6 Å². The van der Waals surface area contributed by atoms with E-state index in [0.717, 1.165) is 11.1 Å². The van der Waals surface area contributed by atoms with E-state index in [9.17, 15) is 9.90 Å². The smallest absolute Gasteiger partial charge is 0.258 e. The van der Waals surface area contributed by atoms with Crippen LogP contribution in [0.15, 0.2) is 18.2 Å². The molecule has 0 bridgehead atoms. The summed E-state index contributed by atoms with van der Waals surface area (Å²) in [7, 11) is 1.55. The van der Waals surface area contributed by atoms with E-state index in [1.807, 2.05) is 27.7 Å². The van der Waals surface area contributed by atoms with Gasteiger partial charge in [-0.3, -0.25) is 4.79 Å². The number of carbonyl (C=O) groups is 1. The lowest BCUT2D eigenvalue weighted by Gasteiger charge is -2.21. The van der Waals surface area contributed by atoms with Gasteiger partial charge in [-0.25, -0.2) is 4.98 Å². The van der Waals surface area contributed by atoms with Crippen LogP contribution < -0.4 is 15.4 Å². The van der Waals surface area contributed by atoms with Crippen molar-refractivity contribution in [2.45, 2.75) is 40.2 Å². The zero-order chi connectivity index (χ0) is 20.1. The van der Waals surface area contributed by atoms with Crippen molar-refractivity contribution in [3.8, 4) is 11.6 Å². The average Bonchev–Trinajstić information content (AvgIpc) is 2.61. The zero-order valence-electron chi connectivity index (χ0n) is 16.3. The molecule has 1 heterocycles. The number of benzene rings is 1. The summed E-state index contributed by atoms with van der Waals surface area (Å²) >= 11 is 6.10. The SMILES string of the molecule is CC[C@@H](CO)Nc1cc(C)nc(Oc2c(C)cc(Cl)cc2C)c1C(=O)NC. The summed E-state index contributed by atoms with van der Waals surface area (Å²) in [4.78, 5) is 17.0. The maximum Gasteiger partial charge on any atom is 0.258 e. The number of halogens is 1. The van der Waals surface area contributed by atoms with E-state index in [0.29, 0.717) is 34.1 Å². The van der Waals surface area contributed by atoms with Gasteiger partial charge in [-0.05, 0) is 56.5 Å². The number of ether oxygens (including phenoxy) is 1. The molecule has 2 aromatic rings. The fourth-order valence-corrected chi connectivity index (χ4v) is 3.16. The summed E-state index contributed by atoms with van der Waals surface area (Å²) in [6.07, 6.45) is 0.705. The van der Waals surface area contributed by atoms with Gasteiger partial charge in [0.1, 0.15) is 11.3 Å². The molecular weight excluding hydrogens is 366 g/mol. The molecule has 0 radical (unpaired) electrons. The molecule has 1 aromatic carbocycles. The Hall–Kier alpha value is -2.31. The number of amides is 1. The molecule has 3 N–H and O–H groups in total. The second-order valence-electron chi connectivity index (χ2n) is 6.47. The number of hydrogen-bond acceptors (Lipinski definition) is 5. The summed E-state index contributed by atoms with van der Waals surface area (Å²) in [6.45, 7) is 7.52. The third-order valence-corrected chi connectivity index (χ3v) is 4.48. The quantitative estimate of drug-likeness (QED) is 0.664. The number of rotatable bonds is 7. The largest absolute Gasteiger partial charge is 0.438 e. The summed E-state index contributed by atoms with van der Waals surface area (Å²) in [6, 6.07) is 5.20. The molecule has 27 heavy (non-hydrogen) atoms. The molecule has 0 unspecified atom stereocenters. The Kier molecular flexibility index (Phi) is 7.05. The summed E-state index contributed by atoms with van der Waals surface area (Å²) < 4.78 is 6.09. The third-order valence-electron chi connectivity index (χ3n) is 4.27. The van der Waals surface area contributed by atoms with Gasteiger partial charge in [-0.2, -0.15) is 0 Å². The molecule has 0 aliphatic carbocycles. The molecule has 0 aliphatic heterocycles. The third kappa shape index (κ3) is 4.90. The van der Waals surface area contributed by atoms with Crippen LogP contribution >= 0.6 is 11.6 Å². The van der Waals surface area contributed by atoms with Gasteiger partial charge in [0.05, 0.1) is 12.3 Å². The Balaban J connectivity index is 2.58. The highest BCUT2D eigenvalue weighted by Gasteiger charge is 2.22. The number of pyridine rings is 1. The molecule has 0 aliphatic rings. The van der Waals surface area contributed by atoms with E-state index >= 15 is 0 Å². The normalized spacial score (nSPS) is 11.8. The number of aryl methyl sites for hydroxylation is 3. The van der Waals surface area contributed by atoms with Crippen molar-refractivity contribution in [3.63, 3.8) is 0 Å². The van der Waals surface area contributed by atoms with Crippen LogP contribution in [0.25, 0.3) is 0 Å². The summed E-state index contributed by atoms with van der Waals surface area (Å²) in [5.41, 5.74) is 3.26. The minimum Gasteiger partial charge on any atom is -0.438 e. The summed E-state index contributed by atoms with van der Waals surface area (Å²) in [5.74, 6) is 0.498. The number of nitrogens with zero attached hydrogens (tertiary/aromatic N) is 1. The molecule has 0 saturated heterocycles. The number of aliphatic hydroxyl groups is 1. The van der Waals surface area contributed by atoms with E-state index < -0.39 is 0 Å². The van der Waals surface area contributed by atoms with Gasteiger partial charge < -0.3 is 20.5 Å². The molecular formula is C20H26ClN3O3. The number of aromatic nitrogens is 1. The van der Waals surface area contributed by atoms with Crippen molar-refractivity contribution < 1.29 is 14.6 Å². The Morgan fingerprint density at radius 3 is 2.41 bits per heavy atom. The number of hydrogen-bond donors (Lipinski definition) is 3. The fraction of sp³-hybridized carbons (Fsp3) is 0.400. The summed E-state index contributed by atoms with van der Waals surface area (Å²) in [5, 5.41) is 16.0. The highest BCUT2D eigenvalue weighted by molar-refractivity contribution is 6.30. The minimum atomic E-state index is -0.322. The standard InChI is InChI=1S/C20H26ClN3O3/c1-6-15(10-25)24-16-9-13(4)23-20(17(16)19(26)22-5)27-18-11(2)7-14(21)8-12(18)3/h7-9,15,25H,6,10H2,1-5H3,(H,22,26)(H,23,24)/t15-/m0/s1. The van der Waals surface area contributed by atoms with E-state index in [2.05, 4.69) is 15.6 Å². The van der Waals surface area contributed by atoms with Gasteiger partial charge in [-0.1, -0.05) is 18.5 Å². The number of carbonyl (C=O) groups excluding carboxylic acids is 1. The highest BCUT2D eigenvalue weighted by atomic mass is 35.5. The Morgan fingerprint density at radius 1 is 1.26 bits per heavy atom. The van der Waals surface area contributed by atoms with Gasteiger partial charge in [0.15, 0.2) is 0 Å². The fourth-order valence-electron chi connectivity index (χ4n) is 2.83. The molecule has 7 heteroatoms. The van der Waals surface area contributed by atoms with Crippen LogP contribution in [0.5, 0.6) is 11.6 Å². The first-order chi connectivity index (χ1) is 12.8. The first-order valence-electron chi connectivity index (χ1n) is 8.86. The number of aliphatic hydroxyl groups excluding tert-OH is 1. The predicted octanol–water partition coefficient (Wildman–Crippen LogP) is 3.99. The Morgan fingerprint density at radius 2 is 1.89 bits per heavy atom. The Bertz CT molecular complexity index is 812. The highest BCUT2D eigenvalue weighted by Crippen LogP contribution is 2.35. The molecule has 2 rings (SSSR count). The predicted molar refractivity (Wildman–Crippen MR) is 108 cm³/mol. The molecule has 146 valence electrons. The van der Waals surface area contributed by atoms with Crippen LogP contribution in [0.1, 0.15) is 40.5 Å². The van der Waals surface area contributed by atoms with Crippen molar-refractivity contribution in [1.82, 2.24) is 10.3 Å². The molecule has 1 aromatic heterocycles. The van der Waals surface area contributed by atoms with Gasteiger partial charge in [0, 0.05) is 23.8 Å². The van der Waals surface area contributed by atoms with Gasteiger partial charge >= 0.3 is 0 Å². The molecule has 0 spiro atoms. The van der Waals surface area contributed by atoms with E-state index in [1.165, 1.54) is 0 Å². The Labute approximate surface area is 164 Å². The van der Waals surface area contributed by atoms with E-state index in [1.54, 1.807) is 25.2 Å².